The highest BCUT2D eigenvalue weighted by Gasteiger charge is 2.32. The van der Waals surface area contributed by atoms with Crippen LogP contribution in [-0.4, -0.2) is 39.7 Å². The zero-order chi connectivity index (χ0) is 14.8. The Kier molecular flexibility index (Phi) is 4.63. The second-order valence-corrected chi connectivity index (χ2v) is 6.78. The molecule has 0 saturated carbocycles. The number of nitrogens with zero attached hydrogens (tertiary/aromatic N) is 1. The first kappa shape index (κ1) is 16.0. The van der Waals surface area contributed by atoms with Crippen LogP contribution in [0.4, 0.5) is 4.79 Å². The smallest absolute Gasteiger partial charge is 0.434 e. The van der Waals surface area contributed by atoms with Crippen LogP contribution in [0.1, 0.15) is 48.0 Å². The molecule has 1 amide bonds. The van der Waals surface area contributed by atoms with Gasteiger partial charge in [-0.2, -0.15) is 5.06 Å². The van der Waals surface area contributed by atoms with Crippen molar-refractivity contribution in [3.63, 3.8) is 0 Å². The topological polar surface area (TPSA) is 59.0 Å². The highest BCUT2D eigenvalue weighted by Crippen LogP contribution is 2.24. The van der Waals surface area contributed by atoms with Gasteiger partial charge in [0.05, 0.1) is 17.7 Å². The molecule has 1 N–H and O–H groups in total. The molecule has 0 heterocycles. The number of rotatable bonds is 2. The molecular formula is C14H25NO4. The van der Waals surface area contributed by atoms with Crippen LogP contribution in [0.5, 0.6) is 0 Å². The second kappa shape index (κ2) is 5.51. The summed E-state index contributed by atoms with van der Waals surface area (Å²) in [6, 6.07) is -0.401. The lowest BCUT2D eigenvalue weighted by molar-refractivity contribution is -0.118. The predicted molar refractivity (Wildman–Crippen MR) is 72.0 cm³/mol. The third-order valence-corrected chi connectivity index (χ3v) is 2.42. The van der Waals surface area contributed by atoms with E-state index in [1.807, 2.05) is 26.8 Å². The van der Waals surface area contributed by atoms with Crippen LogP contribution in [0.15, 0.2) is 12.2 Å². The van der Waals surface area contributed by atoms with E-state index in [4.69, 9.17) is 9.47 Å². The quantitative estimate of drug-likeness (QED) is 0.476. The monoisotopic (exact) mass is 271 g/mol. The minimum atomic E-state index is -0.737. The summed E-state index contributed by atoms with van der Waals surface area (Å²) in [6.07, 6.45) is 3.33. The van der Waals surface area contributed by atoms with Crippen LogP contribution < -0.4 is 0 Å². The van der Waals surface area contributed by atoms with Crippen molar-refractivity contribution in [2.45, 2.75) is 71.3 Å². The van der Waals surface area contributed by atoms with E-state index in [1.54, 1.807) is 26.8 Å². The zero-order valence-electron chi connectivity index (χ0n) is 12.6. The summed E-state index contributed by atoms with van der Waals surface area (Å²) in [4.78, 5) is 11.7. The highest BCUT2D eigenvalue weighted by molar-refractivity contribution is 5.67. The molecule has 0 saturated heterocycles. The van der Waals surface area contributed by atoms with E-state index >= 15 is 0 Å². The molecule has 0 aromatic carbocycles. The summed E-state index contributed by atoms with van der Waals surface area (Å²) in [6.45, 7) is 11.2. The van der Waals surface area contributed by atoms with Crippen molar-refractivity contribution in [1.82, 2.24) is 5.06 Å². The lowest BCUT2D eigenvalue weighted by Gasteiger charge is -2.28. The molecule has 0 aromatic heterocycles. The summed E-state index contributed by atoms with van der Waals surface area (Å²) < 4.78 is 10.9. The lowest BCUT2D eigenvalue weighted by atomic mass is 10.1. The Labute approximate surface area is 115 Å². The van der Waals surface area contributed by atoms with Gasteiger partial charge in [-0.3, -0.25) is 5.21 Å². The molecule has 0 spiro atoms. The summed E-state index contributed by atoms with van der Waals surface area (Å²) >= 11 is 0. The van der Waals surface area contributed by atoms with Crippen LogP contribution in [0.3, 0.4) is 0 Å². The molecule has 0 unspecified atom stereocenters. The number of hydroxylamine groups is 2. The Morgan fingerprint density at radius 2 is 1.74 bits per heavy atom. The van der Waals surface area contributed by atoms with Gasteiger partial charge < -0.3 is 9.47 Å². The molecule has 19 heavy (non-hydrogen) atoms. The molecule has 0 bridgehead atoms. The SMILES string of the molecule is CC(C)(C)OC(=O)N(O)[C@H]1C=C[C@H](OC(C)(C)C)C1. The van der Waals surface area contributed by atoms with Gasteiger partial charge in [0.1, 0.15) is 5.60 Å². The molecule has 0 aromatic rings. The van der Waals surface area contributed by atoms with E-state index in [0.717, 1.165) is 0 Å². The third-order valence-electron chi connectivity index (χ3n) is 2.42. The van der Waals surface area contributed by atoms with Gasteiger partial charge in [-0.1, -0.05) is 12.2 Å². The van der Waals surface area contributed by atoms with Crippen LogP contribution in [0, 0.1) is 0 Å². The molecule has 0 radical (unpaired) electrons. The fourth-order valence-corrected chi connectivity index (χ4v) is 1.81. The van der Waals surface area contributed by atoms with E-state index in [1.165, 1.54) is 0 Å². The van der Waals surface area contributed by atoms with Crippen molar-refractivity contribution in [3.8, 4) is 0 Å². The van der Waals surface area contributed by atoms with Gasteiger partial charge in [0.2, 0.25) is 0 Å². The van der Waals surface area contributed by atoms with E-state index in [9.17, 15) is 10.0 Å². The van der Waals surface area contributed by atoms with Crippen molar-refractivity contribution in [1.29, 1.82) is 0 Å². The van der Waals surface area contributed by atoms with Gasteiger partial charge in [-0.15, -0.1) is 0 Å². The van der Waals surface area contributed by atoms with Crippen LogP contribution >= 0.6 is 0 Å². The minimum Gasteiger partial charge on any atom is -0.442 e. The Morgan fingerprint density at radius 3 is 2.21 bits per heavy atom. The zero-order valence-corrected chi connectivity index (χ0v) is 12.6. The van der Waals surface area contributed by atoms with Gasteiger partial charge in [0.25, 0.3) is 0 Å². The molecule has 2 atom stereocenters. The molecule has 1 rings (SSSR count). The molecule has 0 fully saturated rings. The normalized spacial score (nSPS) is 23.5. The van der Waals surface area contributed by atoms with Crippen LogP contribution in [-0.2, 0) is 9.47 Å². The van der Waals surface area contributed by atoms with Gasteiger partial charge in [-0.25, -0.2) is 4.79 Å². The molecule has 0 aliphatic heterocycles. The Morgan fingerprint density at radius 1 is 1.16 bits per heavy atom. The second-order valence-electron chi connectivity index (χ2n) is 6.78. The average Bonchev–Trinajstić information content (AvgIpc) is 2.59. The number of carbonyl (C=O) groups excluding carboxylic acids is 1. The van der Waals surface area contributed by atoms with Crippen molar-refractivity contribution < 1.29 is 19.5 Å². The molecule has 5 nitrogen and oxygen atoms in total. The molecule has 110 valence electrons. The van der Waals surface area contributed by atoms with E-state index < -0.39 is 17.7 Å². The number of hydrogen-bond donors (Lipinski definition) is 1. The van der Waals surface area contributed by atoms with Gasteiger partial charge >= 0.3 is 6.09 Å². The summed E-state index contributed by atoms with van der Waals surface area (Å²) in [5, 5.41) is 10.5. The first-order valence-electron chi connectivity index (χ1n) is 6.55. The number of carbonyl (C=O) groups is 1. The van der Waals surface area contributed by atoms with Crippen LogP contribution in [0.25, 0.3) is 0 Å². The van der Waals surface area contributed by atoms with Crippen molar-refractivity contribution in [2.75, 3.05) is 0 Å². The number of hydrogen-bond acceptors (Lipinski definition) is 4. The summed E-state index contributed by atoms with van der Waals surface area (Å²) in [7, 11) is 0. The van der Waals surface area contributed by atoms with Gasteiger partial charge in [-0.05, 0) is 41.5 Å². The molecular weight excluding hydrogens is 246 g/mol. The van der Waals surface area contributed by atoms with Crippen molar-refractivity contribution in [3.05, 3.63) is 12.2 Å². The van der Waals surface area contributed by atoms with E-state index in [2.05, 4.69) is 0 Å². The fraction of sp³-hybridized carbons (Fsp3) is 0.786. The van der Waals surface area contributed by atoms with E-state index in [-0.39, 0.29) is 11.7 Å². The lowest BCUT2D eigenvalue weighted by Crippen LogP contribution is -2.40. The minimum absolute atomic E-state index is 0.0953. The van der Waals surface area contributed by atoms with E-state index in [0.29, 0.717) is 11.5 Å². The maximum absolute atomic E-state index is 11.7. The molecule has 5 heteroatoms. The average molecular weight is 271 g/mol. The number of amides is 1. The first-order valence-corrected chi connectivity index (χ1v) is 6.55. The molecule has 1 aliphatic rings. The fourth-order valence-electron chi connectivity index (χ4n) is 1.81. The Hall–Kier alpha value is -1.07. The van der Waals surface area contributed by atoms with Gasteiger partial charge in [0.15, 0.2) is 0 Å². The maximum Gasteiger partial charge on any atom is 0.434 e. The first-order chi connectivity index (χ1) is 8.48. The third kappa shape index (κ3) is 5.61. The van der Waals surface area contributed by atoms with Gasteiger partial charge in [0, 0.05) is 6.42 Å². The largest absolute Gasteiger partial charge is 0.442 e. The summed E-state index contributed by atoms with van der Waals surface area (Å²) in [5.74, 6) is 0. The molecule has 1 aliphatic carbocycles. The Bertz CT molecular complexity index is 351. The highest BCUT2D eigenvalue weighted by atomic mass is 16.6. The van der Waals surface area contributed by atoms with Crippen molar-refractivity contribution >= 4 is 6.09 Å². The van der Waals surface area contributed by atoms with Crippen molar-refractivity contribution in [2.24, 2.45) is 0 Å². The Balaban J connectivity index is 2.51. The number of ether oxygens (including phenoxy) is 2. The van der Waals surface area contributed by atoms with Crippen LogP contribution in [0.2, 0.25) is 0 Å². The maximum atomic E-state index is 11.7. The standard InChI is InChI=1S/C14H25NO4/c1-13(2,3)18-11-8-7-10(9-11)15(17)12(16)19-14(4,5)6/h7-8,10-11,17H,9H2,1-6H3/t10-,11-/m0/s1. The predicted octanol–water partition coefficient (Wildman–Crippen LogP) is 3.12. The summed E-state index contributed by atoms with van der Waals surface area (Å²) in [5.41, 5.74) is -0.877.